The molecule has 1 amide bonds. The van der Waals surface area contributed by atoms with Crippen LogP contribution in [-0.2, 0) is 4.79 Å². The molecule has 0 saturated heterocycles. The summed E-state index contributed by atoms with van der Waals surface area (Å²) in [6, 6.07) is 16.9. The van der Waals surface area contributed by atoms with E-state index in [1.54, 1.807) is 62.4 Å². The highest BCUT2D eigenvalue weighted by Crippen LogP contribution is 2.35. The number of rotatable bonds is 6. The topological polar surface area (TPSA) is 122 Å². The molecule has 13 heteroatoms. The number of fused-ring (bicyclic) bond motifs is 1. The minimum atomic E-state index is -0.846. The van der Waals surface area contributed by atoms with Crippen molar-refractivity contribution in [2.75, 3.05) is 5.32 Å². The lowest BCUT2D eigenvalue weighted by Gasteiger charge is -2.25. The summed E-state index contributed by atoms with van der Waals surface area (Å²) in [5.74, 6) is -0.477. The van der Waals surface area contributed by atoms with Crippen LogP contribution in [0.1, 0.15) is 30.0 Å². The Balaban J connectivity index is 1.42. The van der Waals surface area contributed by atoms with Crippen LogP contribution < -0.4 is 25.8 Å². The van der Waals surface area contributed by atoms with Gasteiger partial charge in [0.2, 0.25) is 0 Å². The van der Waals surface area contributed by atoms with Gasteiger partial charge in [-0.2, -0.15) is 0 Å². The quantitative estimate of drug-likeness (QED) is 0.246. The van der Waals surface area contributed by atoms with Crippen molar-refractivity contribution in [3.05, 3.63) is 135 Å². The normalized spacial score (nSPS) is 14.9. The number of hydrogen-bond donors (Lipinski definition) is 2. The first kappa shape index (κ1) is 28.8. The maximum atomic E-state index is 13.9. The highest BCUT2D eigenvalue weighted by molar-refractivity contribution is 9.10. The molecule has 0 aliphatic carbocycles. The Morgan fingerprint density at radius 3 is 2.60 bits per heavy atom. The van der Waals surface area contributed by atoms with Crippen LogP contribution in [0.5, 0.6) is 0 Å². The number of nitrogens with zero attached hydrogens (tertiary/aromatic N) is 3. The van der Waals surface area contributed by atoms with E-state index in [-0.39, 0.29) is 16.7 Å². The van der Waals surface area contributed by atoms with Gasteiger partial charge < -0.3 is 14.7 Å². The largest absolute Gasteiger partial charge is 0.449 e. The van der Waals surface area contributed by atoms with Crippen LogP contribution >= 0.6 is 39.0 Å². The molecular formula is C30H21BrFN5O4S2. The van der Waals surface area contributed by atoms with Gasteiger partial charge in [0.25, 0.3) is 17.0 Å². The second kappa shape index (κ2) is 11.7. The van der Waals surface area contributed by atoms with Crippen molar-refractivity contribution in [2.45, 2.75) is 30.1 Å². The number of allylic oxidation sites excluding steroid dienone is 1. The number of amides is 1. The molecule has 5 aromatic rings. The standard InChI is InChI=1S/C30H21BrFN5O4S2/c1-15-12-23(38)36-29(33-15)43-28-21(31)13-20(41-28)14-22-27(40)37-25(17-8-10-18(32)11-9-17)24(16(2)34-30(37)42-22)26(39)35-19-6-4-3-5-7-19/h3-14,25H,1-2H3,(H,35,39)(H,33,36,38)/b22-14+/t25-/m1/s1. The zero-order chi connectivity index (χ0) is 30.2. The fourth-order valence-corrected chi connectivity index (χ4v) is 7.01. The summed E-state index contributed by atoms with van der Waals surface area (Å²) in [4.78, 5) is 51.3. The first-order chi connectivity index (χ1) is 20.7. The summed E-state index contributed by atoms with van der Waals surface area (Å²) in [5.41, 5.74) is 1.76. The molecule has 216 valence electrons. The molecule has 6 rings (SSSR count). The number of halogens is 2. The molecule has 4 heterocycles. The maximum Gasteiger partial charge on any atom is 0.271 e. The van der Waals surface area contributed by atoms with Crippen LogP contribution in [-0.4, -0.2) is 20.4 Å². The molecule has 0 bridgehead atoms. The minimum absolute atomic E-state index is 0.272. The average Bonchev–Trinajstić information content (AvgIpc) is 3.45. The third kappa shape index (κ3) is 5.96. The summed E-state index contributed by atoms with van der Waals surface area (Å²) in [6.45, 7) is 3.43. The van der Waals surface area contributed by atoms with Crippen LogP contribution in [0, 0.1) is 12.7 Å². The number of carbonyl (C=O) groups excluding carboxylic acids is 1. The fraction of sp³-hybridized carbons (Fsp3) is 0.100. The Bertz CT molecular complexity index is 2150. The molecule has 9 nitrogen and oxygen atoms in total. The third-order valence-corrected chi connectivity index (χ3v) is 9.18. The van der Waals surface area contributed by atoms with E-state index < -0.39 is 17.8 Å². The number of hydrogen-bond acceptors (Lipinski definition) is 8. The molecule has 0 unspecified atom stereocenters. The Kier molecular flexibility index (Phi) is 7.86. The number of nitrogens with one attached hydrogen (secondary N) is 2. The van der Waals surface area contributed by atoms with Crippen LogP contribution in [0.25, 0.3) is 6.08 Å². The van der Waals surface area contributed by atoms with Gasteiger partial charge in [-0.3, -0.25) is 19.0 Å². The summed E-state index contributed by atoms with van der Waals surface area (Å²) in [6.07, 6.45) is 1.59. The van der Waals surface area contributed by atoms with Crippen LogP contribution in [0.3, 0.4) is 0 Å². The number of aryl methyl sites for hydroxylation is 1. The number of furan rings is 1. The first-order valence-corrected chi connectivity index (χ1v) is 15.3. The summed E-state index contributed by atoms with van der Waals surface area (Å²) < 4.78 is 22.2. The molecule has 3 aromatic heterocycles. The number of benzene rings is 2. The number of para-hydroxylation sites is 1. The monoisotopic (exact) mass is 677 g/mol. The predicted octanol–water partition coefficient (Wildman–Crippen LogP) is 4.91. The zero-order valence-corrected chi connectivity index (χ0v) is 25.8. The van der Waals surface area contributed by atoms with Crippen molar-refractivity contribution in [2.24, 2.45) is 4.99 Å². The summed E-state index contributed by atoms with van der Waals surface area (Å²) in [7, 11) is 0. The van der Waals surface area contributed by atoms with Crippen molar-refractivity contribution in [1.29, 1.82) is 0 Å². The van der Waals surface area contributed by atoms with Gasteiger partial charge in [-0.05, 0) is 77.4 Å². The summed E-state index contributed by atoms with van der Waals surface area (Å²) >= 11 is 5.75. The molecule has 0 fully saturated rings. The van der Waals surface area contributed by atoms with Crippen molar-refractivity contribution < 1.29 is 13.6 Å². The van der Waals surface area contributed by atoms with E-state index in [4.69, 9.17) is 4.42 Å². The lowest BCUT2D eigenvalue weighted by atomic mass is 9.95. The Morgan fingerprint density at radius 1 is 1.14 bits per heavy atom. The van der Waals surface area contributed by atoms with E-state index in [2.05, 4.69) is 36.2 Å². The minimum Gasteiger partial charge on any atom is -0.449 e. The predicted molar refractivity (Wildman–Crippen MR) is 165 cm³/mol. The third-order valence-electron chi connectivity index (χ3n) is 6.47. The molecular weight excluding hydrogens is 657 g/mol. The molecule has 1 aliphatic heterocycles. The molecule has 0 radical (unpaired) electrons. The Morgan fingerprint density at radius 2 is 1.88 bits per heavy atom. The summed E-state index contributed by atoms with van der Waals surface area (Å²) in [5, 5.41) is 3.69. The number of H-pyrrole nitrogens is 1. The van der Waals surface area contributed by atoms with Crippen molar-refractivity contribution in [3.8, 4) is 0 Å². The van der Waals surface area contributed by atoms with Gasteiger partial charge in [0.1, 0.15) is 11.6 Å². The smallest absolute Gasteiger partial charge is 0.271 e. The van der Waals surface area contributed by atoms with E-state index >= 15 is 0 Å². The second-order valence-electron chi connectivity index (χ2n) is 9.53. The lowest BCUT2D eigenvalue weighted by Crippen LogP contribution is -2.40. The zero-order valence-electron chi connectivity index (χ0n) is 22.6. The van der Waals surface area contributed by atoms with Crippen molar-refractivity contribution >= 4 is 56.7 Å². The van der Waals surface area contributed by atoms with Crippen LogP contribution in [0.2, 0.25) is 0 Å². The molecule has 0 spiro atoms. The van der Waals surface area contributed by atoms with E-state index in [0.29, 0.717) is 52.5 Å². The van der Waals surface area contributed by atoms with Crippen LogP contribution in [0.4, 0.5) is 10.1 Å². The van der Waals surface area contributed by atoms with Crippen LogP contribution in [0.15, 0.2) is 112 Å². The van der Waals surface area contributed by atoms with Gasteiger partial charge in [0.05, 0.1) is 26.3 Å². The van der Waals surface area contributed by atoms with Gasteiger partial charge in [0.15, 0.2) is 15.1 Å². The Labute approximate surface area is 259 Å². The molecule has 2 N–H and O–H groups in total. The van der Waals surface area contributed by atoms with Gasteiger partial charge in [0, 0.05) is 23.5 Å². The fourth-order valence-electron chi connectivity index (χ4n) is 4.62. The number of thiazole rings is 1. The Hall–Kier alpha value is -4.33. The molecule has 1 aliphatic rings. The van der Waals surface area contributed by atoms with E-state index in [0.717, 1.165) is 23.1 Å². The molecule has 2 aromatic carbocycles. The first-order valence-electron chi connectivity index (χ1n) is 12.9. The van der Waals surface area contributed by atoms with Gasteiger partial charge >= 0.3 is 0 Å². The van der Waals surface area contributed by atoms with Crippen molar-refractivity contribution in [3.63, 3.8) is 0 Å². The lowest BCUT2D eigenvalue weighted by molar-refractivity contribution is -0.113. The second-order valence-corrected chi connectivity index (χ2v) is 12.4. The molecule has 1 atom stereocenters. The van der Waals surface area contributed by atoms with Gasteiger partial charge in [-0.25, -0.2) is 14.4 Å². The van der Waals surface area contributed by atoms with Gasteiger partial charge in [-0.15, -0.1) is 0 Å². The SMILES string of the molecule is CC1=C(C(=O)Nc2ccccc2)[C@@H](c2ccc(F)cc2)n2c(s/c(=C/c3cc(Br)c(Sc4nc(C)cc(=O)[nH]4)o3)c2=O)=N1. The molecule has 0 saturated carbocycles. The number of anilines is 1. The average molecular weight is 679 g/mol. The number of aromatic nitrogens is 3. The number of aromatic amines is 1. The van der Waals surface area contributed by atoms with Crippen molar-refractivity contribution in [1.82, 2.24) is 14.5 Å². The van der Waals surface area contributed by atoms with E-state index in [1.165, 1.54) is 22.8 Å². The van der Waals surface area contributed by atoms with E-state index in [1.807, 2.05) is 6.07 Å². The maximum absolute atomic E-state index is 13.9. The van der Waals surface area contributed by atoms with E-state index in [9.17, 15) is 18.8 Å². The number of carbonyl (C=O) groups is 1. The highest BCUT2D eigenvalue weighted by atomic mass is 79.9. The van der Waals surface area contributed by atoms with Gasteiger partial charge in [-0.1, -0.05) is 41.7 Å². The highest BCUT2D eigenvalue weighted by Gasteiger charge is 2.32. The molecule has 43 heavy (non-hydrogen) atoms.